The lowest BCUT2D eigenvalue weighted by Crippen LogP contribution is -2.34. The maximum atomic E-state index is 13.6. The second kappa shape index (κ2) is 49.3. The number of sulfone groups is 4. The van der Waals surface area contributed by atoms with Crippen molar-refractivity contribution in [3.8, 4) is 46.0 Å². The Bertz CT molecular complexity index is 6350. The van der Waals surface area contributed by atoms with Crippen LogP contribution in [0.4, 0.5) is 27.1 Å². The normalized spacial score (nSPS) is 16.4. The van der Waals surface area contributed by atoms with Crippen molar-refractivity contribution in [1.82, 2.24) is 19.6 Å². The van der Waals surface area contributed by atoms with Crippen LogP contribution in [-0.4, -0.2) is 219 Å². The Balaban J connectivity index is 0.000000199. The number of benzene rings is 8. The lowest BCUT2D eigenvalue weighted by atomic mass is 10.1. The molecule has 8 aliphatic rings. The number of hydrogen-bond donors (Lipinski definition) is 6. The quantitative estimate of drug-likeness (QED) is 0.00587. The fourth-order valence-corrected chi connectivity index (χ4v) is 19.7. The first-order chi connectivity index (χ1) is 66.7. The molecule has 1 saturated heterocycles. The largest absolute Gasteiger partial charge is 0.504 e. The summed E-state index contributed by atoms with van der Waals surface area (Å²) in [5.41, 5.74) is 19.7. The van der Waals surface area contributed by atoms with E-state index in [1.54, 1.807) is 129 Å². The highest BCUT2D eigenvalue weighted by Gasteiger charge is 2.44. The molecule has 750 valence electrons. The number of fused-ring (bicyclic) bond motifs is 4. The molecule has 5 aliphatic heterocycles. The number of carbonyl (C=O) groups is 7. The Morgan fingerprint density at radius 2 is 0.739 bits per heavy atom. The van der Waals surface area contributed by atoms with Crippen molar-refractivity contribution in [3.05, 3.63) is 212 Å². The van der Waals surface area contributed by atoms with Gasteiger partial charge in [-0.25, -0.2) is 33.7 Å². The monoisotopic (exact) mass is 2140 g/mol. The first-order valence-corrected chi connectivity index (χ1v) is 60.0. The summed E-state index contributed by atoms with van der Waals surface area (Å²) in [5, 5.41) is 25.5. The molecule has 8 aromatic rings. The zero-order valence-corrected chi connectivity index (χ0v) is 86.4. The van der Waals surface area contributed by atoms with Crippen molar-refractivity contribution >= 4 is 142 Å². The average molecular weight is 2140 g/mol. The number of nitrogen functional groups attached to an aromatic ring is 2. The highest BCUT2D eigenvalue weighted by Crippen LogP contribution is 2.46. The number of carbonyl (C=O) groups excluding carboxylic acids is 7. The van der Waals surface area contributed by atoms with Crippen LogP contribution in [0.1, 0.15) is 195 Å². The van der Waals surface area contributed by atoms with Gasteiger partial charge in [0.1, 0.15) is 44.9 Å². The molecule has 4 fully saturated rings. The third-order valence-corrected chi connectivity index (χ3v) is 26.4. The highest BCUT2D eigenvalue weighted by atomic mass is 127. The lowest BCUT2D eigenvalue weighted by molar-refractivity contribution is -0.118. The molecule has 0 aromatic heterocycles. The fourth-order valence-electron chi connectivity index (χ4n) is 15.7. The topological polar surface area (TPSA) is 450 Å². The molecule has 40 heteroatoms. The first-order valence-electron chi connectivity index (χ1n) is 47.0. The summed E-state index contributed by atoms with van der Waals surface area (Å²) in [6, 6.07) is 36.8. The zero-order chi connectivity index (χ0) is 105. The van der Waals surface area contributed by atoms with E-state index in [0.29, 0.717) is 111 Å². The van der Waals surface area contributed by atoms with Gasteiger partial charge >= 0.3 is 0 Å². The maximum Gasteiger partial charge on any atom is 0.257 e. The maximum absolute atomic E-state index is 13.6. The van der Waals surface area contributed by atoms with Gasteiger partial charge in [0.25, 0.3) is 23.6 Å². The van der Waals surface area contributed by atoms with Crippen molar-refractivity contribution in [1.29, 1.82) is 0 Å². The molecule has 3 aliphatic carbocycles. The molecule has 0 spiro atoms. The van der Waals surface area contributed by atoms with Gasteiger partial charge in [0.05, 0.1) is 134 Å². The molecular formula is C98H125ClFIN8O24S4Si. The van der Waals surface area contributed by atoms with E-state index in [1.165, 1.54) is 65.0 Å². The first kappa shape index (κ1) is 105. The lowest BCUT2D eigenvalue weighted by Gasteiger charge is -2.28. The van der Waals surface area contributed by atoms with Gasteiger partial charge in [0.2, 0.25) is 17.1 Å². The minimum absolute atomic E-state index is 0.00886. The van der Waals surface area contributed by atoms with Gasteiger partial charge in [-0.2, -0.15) is 0 Å². The second-order valence-electron chi connectivity index (χ2n) is 35.0. The fraction of sp³-hybridized carbons (Fsp3) is 0.439. The highest BCUT2D eigenvalue weighted by molar-refractivity contribution is 14.1. The van der Waals surface area contributed by atoms with E-state index in [-0.39, 0.29) is 136 Å². The molecule has 138 heavy (non-hydrogen) atoms. The number of rotatable bonds is 31. The Labute approximate surface area is 832 Å². The van der Waals surface area contributed by atoms with Crippen LogP contribution in [0.3, 0.4) is 0 Å². The van der Waals surface area contributed by atoms with E-state index in [9.17, 15) is 81.8 Å². The number of phenols is 2. The molecule has 8 aromatic carbocycles. The van der Waals surface area contributed by atoms with E-state index >= 15 is 0 Å². The number of ether oxygens (including phenoxy) is 7. The van der Waals surface area contributed by atoms with Gasteiger partial charge in [0, 0.05) is 93.5 Å². The number of nitrogens with one attached hydrogen (secondary N) is 2. The Hall–Kier alpha value is -10.8. The zero-order valence-electron chi connectivity index (χ0n) is 83.2. The van der Waals surface area contributed by atoms with Crippen LogP contribution in [0.5, 0.6) is 46.0 Å². The SMILES string of the molecule is C1CCOC1.CCOc1cc([C@@H](CS(C)(=O)=O)N2Cc3cccc(N)c3C2=O)ccc1O.CCOc1cc([C@@H](CS(C)(=O)=O)N2Cc3cccc(N)c3C2=O)ccc1OC.CCOc1cc([C@@H](CS(C)(=O)=O)N2Cc3cccc(NC(=O)C4CC4)c3C2=O)ccc1O.C[Si](C)(C)I.O=C(Cl)C1CC1.[2H]CF.[2H][13C]([2H])([2H])Oc1ccc([C@@H](CS(C)(=O)=O)N2Cc3cccc(NC(=O)C4CC4)c3C2=O)cc1OCC. The van der Waals surface area contributed by atoms with Crippen LogP contribution in [0, 0.1) is 17.8 Å². The van der Waals surface area contributed by atoms with Crippen LogP contribution in [-0.2, 0) is 84.6 Å². The van der Waals surface area contributed by atoms with Gasteiger partial charge in [-0.3, -0.25) is 38.0 Å². The molecule has 32 nitrogen and oxygen atoms in total. The molecule has 4 atom stereocenters. The number of hydrogen-bond acceptors (Lipinski definition) is 26. The number of nitrogens with zero attached hydrogens (tertiary/aromatic N) is 4. The minimum atomic E-state index is -3.54. The van der Waals surface area contributed by atoms with Gasteiger partial charge in [-0.1, -0.05) is 92.4 Å². The number of phenolic OH excluding ortho intramolecular Hbond substituents is 2. The van der Waals surface area contributed by atoms with E-state index in [4.69, 9.17) is 61.7 Å². The number of amides is 6. The predicted molar refractivity (Wildman–Crippen MR) is 542 cm³/mol. The average Bonchev–Trinajstić information content (AvgIpc) is 1.59. The number of methoxy groups -OCH3 is 2. The van der Waals surface area contributed by atoms with Crippen molar-refractivity contribution in [3.63, 3.8) is 0 Å². The summed E-state index contributed by atoms with van der Waals surface area (Å²) in [6.45, 7) is 18.3. The second-order valence-corrected chi connectivity index (χ2v) is 58.0. The van der Waals surface area contributed by atoms with Crippen LogP contribution >= 0.6 is 33.4 Å². The molecule has 16 rings (SSSR count). The summed E-state index contributed by atoms with van der Waals surface area (Å²) >= 11 is 7.55. The van der Waals surface area contributed by atoms with E-state index in [0.717, 1.165) is 93.5 Å². The molecule has 0 unspecified atom stereocenters. The van der Waals surface area contributed by atoms with Crippen molar-refractivity contribution in [2.24, 2.45) is 17.8 Å². The molecule has 6 amide bonds. The predicted octanol–water partition coefficient (Wildman–Crippen LogP) is 15.4. The number of nitrogens with two attached hydrogens (primary N) is 2. The van der Waals surface area contributed by atoms with Crippen LogP contribution in [0.25, 0.3) is 0 Å². The van der Waals surface area contributed by atoms with Crippen molar-refractivity contribution in [2.75, 3.05) is 131 Å². The Morgan fingerprint density at radius 3 is 0.993 bits per heavy atom. The summed E-state index contributed by atoms with van der Waals surface area (Å²) < 4.78 is 173. The third-order valence-electron chi connectivity index (χ3n) is 22.4. The van der Waals surface area contributed by atoms with E-state index < -0.39 is 89.2 Å². The minimum Gasteiger partial charge on any atom is -0.504 e. The van der Waals surface area contributed by atoms with Crippen LogP contribution in [0.15, 0.2) is 146 Å². The van der Waals surface area contributed by atoms with Gasteiger partial charge < -0.3 is 85.1 Å². The number of alkyl halides is 1. The smallest absolute Gasteiger partial charge is 0.257 e. The van der Waals surface area contributed by atoms with Crippen molar-refractivity contribution in [2.45, 2.75) is 149 Å². The molecule has 8 N–H and O–H groups in total. The van der Waals surface area contributed by atoms with E-state index in [2.05, 4.69) is 52.1 Å². The Kier molecular flexibility index (Phi) is 37.4. The molecule has 0 bridgehead atoms. The summed E-state index contributed by atoms with van der Waals surface area (Å²) in [6.07, 6.45) is 12.4. The van der Waals surface area contributed by atoms with Gasteiger partial charge in [-0.05, 0) is 208 Å². The molecular weight excluding hydrogens is 2010 g/mol. The van der Waals surface area contributed by atoms with Gasteiger partial charge in [-0.15, -0.1) is 21.8 Å². The summed E-state index contributed by atoms with van der Waals surface area (Å²) in [4.78, 5) is 93.7. The number of anilines is 4. The summed E-state index contributed by atoms with van der Waals surface area (Å²) in [7, 11) is -15.9. The number of halogens is 3. The van der Waals surface area contributed by atoms with Crippen molar-refractivity contribution < 1.29 is 120 Å². The van der Waals surface area contributed by atoms with Crippen LogP contribution in [0.2, 0.25) is 19.6 Å². The molecule has 0 radical (unpaired) electrons. The Morgan fingerprint density at radius 1 is 0.464 bits per heavy atom. The standard InChI is InChI=1S/C24H28N2O6S.C23H26N2O6S.C20H24N2O5S.C19H22N2O5S.C4H5ClO.C4H8O.C3H9ISi.CH3F/c1-4-32-21-12-16(10-11-20(21)31-2)19(14-33(3,29)30)26-13-17-6-5-7-18(22(17)24(26)28)25-23(27)15-8-9-15;1-3-31-20-11-15(9-10-19(20)26)18(13-32(2,29)30)25-12-16-5-4-6-17(21(16)23(25)28)24-22(27)14-7-8-14;1-4-27-18-10-13(8-9-17(18)26-2)16(12-28(3,24)25)22-11-14-6-5-7-15(21)19(14)20(22)23;1-3-26-17-9-12(7-8-16(17)22)15(11-27(2,24)25)21-10-13-5-4-6-14(20)18(13)19(21)23;5-4(6)3-1-2-3;1-2-4-5-3-1;1-5(2,3)4;1-2/h5-7,10-12,15,19H,4,8-9,13-14H2,1-3H3,(H,25,27);4-6,9-11,14,18,26H,3,7-8,12-13H2,1-2H3,(H,24,27);5-10,16H,4,11-12,21H2,1-3H3;4-9,15,22H,3,10-11,20H2,1-2H3;3H,1-2H2;1-4H2;1-3H3;1H3/t19-;18-;16-;15-;;;;/m1111..../s1/i2+1D3;;;;;;;1D. The van der Waals surface area contributed by atoms with E-state index in [1.807, 2.05) is 19.1 Å². The third kappa shape index (κ3) is 31.6. The van der Waals surface area contributed by atoms with Crippen LogP contribution < -0.4 is 50.5 Å². The molecule has 3 saturated carbocycles. The molecule has 5 heterocycles. The summed E-state index contributed by atoms with van der Waals surface area (Å²) in [5.74, 6) is -0.921. The number of aromatic hydroxyl groups is 2. The van der Waals surface area contributed by atoms with Gasteiger partial charge in [0.15, 0.2) is 46.0 Å².